The molecule has 4 amide bonds. The van der Waals surface area contributed by atoms with Gasteiger partial charge in [0, 0.05) is 50.7 Å². The zero-order chi connectivity index (χ0) is 25.5. The van der Waals surface area contributed by atoms with E-state index >= 15 is 0 Å². The molecule has 1 aliphatic carbocycles. The molecule has 0 bridgehead atoms. The number of hydrogen-bond acceptors (Lipinski definition) is 6. The van der Waals surface area contributed by atoms with Crippen LogP contribution in [0.2, 0.25) is 0 Å². The van der Waals surface area contributed by atoms with E-state index in [4.69, 9.17) is 4.74 Å². The third-order valence-electron chi connectivity index (χ3n) is 8.85. The molecule has 3 atom stereocenters. The van der Waals surface area contributed by atoms with Gasteiger partial charge in [-0.05, 0) is 68.7 Å². The molecule has 1 N–H and O–H groups in total. The van der Waals surface area contributed by atoms with Gasteiger partial charge in [-0.25, -0.2) is 0 Å². The molecule has 1 aromatic rings. The minimum atomic E-state index is -0.614. The average molecular weight is 509 g/mol. The summed E-state index contributed by atoms with van der Waals surface area (Å²) in [5.41, 5.74) is 1.45. The maximum absolute atomic E-state index is 13.0. The monoisotopic (exact) mass is 508 g/mol. The van der Waals surface area contributed by atoms with Crippen LogP contribution in [0.3, 0.4) is 0 Å². The van der Waals surface area contributed by atoms with Crippen LogP contribution in [0.5, 0.6) is 5.75 Å². The molecule has 6 rings (SSSR count). The van der Waals surface area contributed by atoms with Crippen LogP contribution in [0.1, 0.15) is 73.7 Å². The topological polar surface area (TPSA) is 99.3 Å². The van der Waals surface area contributed by atoms with Crippen LogP contribution in [0.15, 0.2) is 18.2 Å². The van der Waals surface area contributed by atoms with Crippen molar-refractivity contribution in [2.45, 2.75) is 82.5 Å². The fourth-order valence-corrected chi connectivity index (χ4v) is 6.74. The van der Waals surface area contributed by atoms with Crippen LogP contribution in [-0.2, 0) is 20.9 Å². The highest BCUT2D eigenvalue weighted by atomic mass is 16.5. The minimum Gasteiger partial charge on any atom is -0.489 e. The van der Waals surface area contributed by atoms with E-state index in [0.29, 0.717) is 30.5 Å². The summed E-state index contributed by atoms with van der Waals surface area (Å²) in [4.78, 5) is 55.8. The number of benzene rings is 1. The fourth-order valence-electron chi connectivity index (χ4n) is 6.74. The first-order chi connectivity index (χ1) is 18.0. The van der Waals surface area contributed by atoms with Crippen LogP contribution < -0.4 is 10.1 Å². The first-order valence-electron chi connectivity index (χ1n) is 13.9. The molecule has 0 aromatic heterocycles. The van der Waals surface area contributed by atoms with E-state index in [1.54, 1.807) is 11.0 Å². The van der Waals surface area contributed by atoms with Gasteiger partial charge >= 0.3 is 0 Å². The number of likely N-dealkylation sites (tertiary alicyclic amines) is 2. The van der Waals surface area contributed by atoms with Gasteiger partial charge < -0.3 is 14.5 Å². The Bertz CT molecular complexity index is 1090. The van der Waals surface area contributed by atoms with Gasteiger partial charge in [-0.3, -0.25) is 29.4 Å². The second-order valence-electron chi connectivity index (χ2n) is 11.3. The number of carbonyl (C=O) groups excluding carboxylic acids is 4. The molecule has 4 heterocycles. The van der Waals surface area contributed by atoms with Crippen LogP contribution >= 0.6 is 0 Å². The maximum Gasteiger partial charge on any atom is 0.255 e. The number of nitrogens with one attached hydrogen (secondary N) is 1. The summed E-state index contributed by atoms with van der Waals surface area (Å²) < 4.78 is 6.52. The summed E-state index contributed by atoms with van der Waals surface area (Å²) in [6, 6.07) is 5.28. The predicted octanol–water partition coefficient (Wildman–Crippen LogP) is 2.08. The van der Waals surface area contributed by atoms with Gasteiger partial charge in [0.15, 0.2) is 0 Å². The summed E-state index contributed by atoms with van der Waals surface area (Å²) in [5, 5.41) is 2.35. The quantitative estimate of drug-likeness (QED) is 0.612. The van der Waals surface area contributed by atoms with Crippen LogP contribution in [0.25, 0.3) is 0 Å². The van der Waals surface area contributed by atoms with Gasteiger partial charge in [0.25, 0.3) is 5.91 Å². The smallest absolute Gasteiger partial charge is 0.255 e. The number of ether oxygens (including phenoxy) is 1. The van der Waals surface area contributed by atoms with Crippen molar-refractivity contribution in [3.63, 3.8) is 0 Å². The predicted molar refractivity (Wildman–Crippen MR) is 135 cm³/mol. The number of nitrogens with zero attached hydrogens (tertiary/aromatic N) is 3. The fraction of sp³-hybridized carbons (Fsp3) is 0.643. The SMILES string of the molecule is O=C1CCC(N2Cc3cc(O[C@H]4CCCC[C@H]4N4CC(C(=O)N5CCCCC5)C4)ccc3C2=O)C(=O)N1. The molecular formula is C28H36N4O5. The number of amides is 4. The highest BCUT2D eigenvalue weighted by Gasteiger charge is 2.43. The van der Waals surface area contributed by atoms with Crippen LogP contribution in [0, 0.1) is 5.92 Å². The summed E-state index contributed by atoms with van der Waals surface area (Å²) in [6.07, 6.45) is 8.48. The molecule has 37 heavy (non-hydrogen) atoms. The third kappa shape index (κ3) is 4.74. The van der Waals surface area contributed by atoms with Gasteiger partial charge in [-0.2, -0.15) is 0 Å². The number of rotatable bonds is 5. The minimum absolute atomic E-state index is 0.0566. The number of carbonyl (C=O) groups is 4. The Morgan fingerprint density at radius 3 is 2.51 bits per heavy atom. The van der Waals surface area contributed by atoms with Crippen molar-refractivity contribution < 1.29 is 23.9 Å². The normalized spacial score (nSPS) is 29.1. The van der Waals surface area contributed by atoms with E-state index < -0.39 is 11.9 Å². The lowest BCUT2D eigenvalue weighted by molar-refractivity contribution is -0.145. The number of imide groups is 1. The Morgan fingerprint density at radius 2 is 1.73 bits per heavy atom. The van der Waals surface area contributed by atoms with Gasteiger partial charge in [0.1, 0.15) is 17.9 Å². The van der Waals surface area contributed by atoms with Crippen molar-refractivity contribution >= 4 is 23.6 Å². The van der Waals surface area contributed by atoms with E-state index in [0.717, 1.165) is 69.6 Å². The number of piperidine rings is 2. The first kappa shape index (κ1) is 24.4. The number of fused-ring (bicyclic) bond motifs is 1. The highest BCUT2D eigenvalue weighted by molar-refractivity contribution is 6.05. The van der Waals surface area contributed by atoms with Crippen LogP contribution in [0.4, 0.5) is 0 Å². The Kier molecular flexibility index (Phi) is 6.65. The zero-order valence-electron chi connectivity index (χ0n) is 21.3. The molecule has 0 radical (unpaired) electrons. The second-order valence-corrected chi connectivity index (χ2v) is 11.3. The van der Waals surface area contributed by atoms with Crippen molar-refractivity contribution in [2.75, 3.05) is 26.2 Å². The molecule has 5 aliphatic rings. The molecule has 198 valence electrons. The summed E-state index contributed by atoms with van der Waals surface area (Å²) in [5.74, 6) is 0.336. The molecule has 1 aromatic carbocycles. The van der Waals surface area contributed by atoms with Crippen molar-refractivity contribution in [2.24, 2.45) is 5.92 Å². The van der Waals surface area contributed by atoms with Gasteiger partial charge in [-0.1, -0.05) is 6.42 Å². The molecule has 9 nitrogen and oxygen atoms in total. The Labute approximate surface area is 217 Å². The Balaban J connectivity index is 1.08. The second kappa shape index (κ2) is 10.1. The van der Waals surface area contributed by atoms with E-state index in [-0.39, 0.29) is 30.3 Å². The third-order valence-corrected chi connectivity index (χ3v) is 8.85. The van der Waals surface area contributed by atoms with E-state index in [1.807, 2.05) is 12.1 Å². The van der Waals surface area contributed by atoms with Crippen molar-refractivity contribution in [1.82, 2.24) is 20.0 Å². The molecule has 9 heteroatoms. The van der Waals surface area contributed by atoms with E-state index in [9.17, 15) is 19.2 Å². The number of hydrogen-bond donors (Lipinski definition) is 1. The Hall–Kier alpha value is -2.94. The largest absolute Gasteiger partial charge is 0.489 e. The van der Waals surface area contributed by atoms with Crippen LogP contribution in [-0.4, -0.2) is 82.7 Å². The van der Waals surface area contributed by atoms with Crippen molar-refractivity contribution in [1.29, 1.82) is 0 Å². The average Bonchev–Trinajstić information content (AvgIpc) is 3.20. The van der Waals surface area contributed by atoms with Gasteiger partial charge in [-0.15, -0.1) is 0 Å². The molecule has 1 unspecified atom stereocenters. The summed E-state index contributed by atoms with van der Waals surface area (Å²) in [7, 11) is 0. The lowest BCUT2D eigenvalue weighted by Crippen LogP contribution is -2.61. The standard InChI is InChI=1S/C28H36N4O5/c33-25-11-10-23(26(34)29-25)32-17-18-14-20(8-9-21(18)28(32)36)37-24-7-3-2-6-22(24)31-15-19(16-31)27(35)30-12-4-1-5-13-30/h8-9,14,19,22-24H,1-7,10-13,15-17H2,(H,29,33,34)/t22-,23?,24+/m1/s1. The molecule has 4 fully saturated rings. The summed E-state index contributed by atoms with van der Waals surface area (Å²) in [6.45, 7) is 3.80. The van der Waals surface area contributed by atoms with Gasteiger partial charge in [0.2, 0.25) is 17.7 Å². The van der Waals surface area contributed by atoms with Crippen molar-refractivity contribution in [3.8, 4) is 5.75 Å². The summed E-state index contributed by atoms with van der Waals surface area (Å²) >= 11 is 0. The van der Waals surface area contributed by atoms with Crippen molar-refractivity contribution in [3.05, 3.63) is 29.3 Å². The molecular weight excluding hydrogens is 472 g/mol. The highest BCUT2D eigenvalue weighted by Crippen LogP contribution is 2.35. The lowest BCUT2D eigenvalue weighted by atomic mass is 9.86. The molecule has 3 saturated heterocycles. The molecule has 1 saturated carbocycles. The molecule has 4 aliphatic heterocycles. The van der Waals surface area contributed by atoms with E-state index in [2.05, 4.69) is 15.1 Å². The van der Waals surface area contributed by atoms with Gasteiger partial charge in [0.05, 0.1) is 5.92 Å². The molecule has 0 spiro atoms. The first-order valence-corrected chi connectivity index (χ1v) is 13.9. The lowest BCUT2D eigenvalue weighted by Gasteiger charge is -2.48. The zero-order valence-corrected chi connectivity index (χ0v) is 21.3. The maximum atomic E-state index is 13.0. The Morgan fingerprint density at radius 1 is 0.946 bits per heavy atom. The van der Waals surface area contributed by atoms with E-state index in [1.165, 1.54) is 12.8 Å².